The quantitative estimate of drug-likeness (QED) is 0.719. The van der Waals surface area contributed by atoms with Crippen molar-refractivity contribution in [1.82, 2.24) is 9.62 Å². The standard InChI is InChI=1S/C18H25ClN2O5S/c1-4-26-18(23)13(3)20-17(22)14-7-8-15(19)16(10-14)27(24,25)21-9-5-6-12(2)11-21/h7-8,10,12-13H,4-6,9,11H2,1-3H3,(H,20,22)/t12-,13-/m1/s1. The minimum absolute atomic E-state index is 0.0585. The lowest BCUT2D eigenvalue weighted by Crippen LogP contribution is -2.40. The van der Waals surface area contributed by atoms with Crippen LogP contribution < -0.4 is 5.32 Å². The zero-order valence-electron chi connectivity index (χ0n) is 15.7. The molecule has 0 aromatic heterocycles. The summed E-state index contributed by atoms with van der Waals surface area (Å²) in [6.45, 7) is 6.23. The fourth-order valence-corrected chi connectivity index (χ4v) is 5.05. The summed E-state index contributed by atoms with van der Waals surface area (Å²) < 4.78 is 32.2. The molecule has 0 aliphatic carbocycles. The topological polar surface area (TPSA) is 92.8 Å². The molecule has 0 bridgehead atoms. The van der Waals surface area contributed by atoms with Crippen LogP contribution in [0.15, 0.2) is 23.1 Å². The highest BCUT2D eigenvalue weighted by Crippen LogP contribution is 2.29. The lowest BCUT2D eigenvalue weighted by molar-refractivity contribution is -0.144. The van der Waals surface area contributed by atoms with E-state index in [1.807, 2.05) is 6.92 Å². The number of hydrogen-bond acceptors (Lipinski definition) is 5. The monoisotopic (exact) mass is 416 g/mol. The molecule has 1 fully saturated rings. The van der Waals surface area contributed by atoms with E-state index in [0.717, 1.165) is 12.8 Å². The molecular formula is C18H25ClN2O5S. The van der Waals surface area contributed by atoms with E-state index in [9.17, 15) is 18.0 Å². The van der Waals surface area contributed by atoms with Gasteiger partial charge in [0.1, 0.15) is 10.9 Å². The van der Waals surface area contributed by atoms with Crippen molar-refractivity contribution in [2.45, 2.75) is 44.6 Å². The molecule has 1 saturated heterocycles. The van der Waals surface area contributed by atoms with E-state index in [1.165, 1.54) is 29.4 Å². The van der Waals surface area contributed by atoms with E-state index in [4.69, 9.17) is 16.3 Å². The number of halogens is 1. The molecule has 1 aliphatic rings. The van der Waals surface area contributed by atoms with E-state index in [2.05, 4.69) is 5.32 Å². The van der Waals surface area contributed by atoms with Crippen molar-refractivity contribution < 1.29 is 22.7 Å². The molecule has 1 aromatic carbocycles. The van der Waals surface area contributed by atoms with Crippen LogP contribution in [0.5, 0.6) is 0 Å². The average Bonchev–Trinajstić information content (AvgIpc) is 2.62. The van der Waals surface area contributed by atoms with Gasteiger partial charge < -0.3 is 10.1 Å². The Bertz CT molecular complexity index is 812. The Hall–Kier alpha value is -1.64. The van der Waals surface area contributed by atoms with Crippen LogP contribution in [-0.4, -0.2) is 50.3 Å². The molecule has 9 heteroatoms. The molecule has 1 aromatic rings. The maximum Gasteiger partial charge on any atom is 0.328 e. The van der Waals surface area contributed by atoms with Gasteiger partial charge in [0.2, 0.25) is 10.0 Å². The molecule has 7 nitrogen and oxygen atoms in total. The SMILES string of the molecule is CCOC(=O)[C@@H](C)NC(=O)c1ccc(Cl)c(S(=O)(=O)N2CCC[C@@H](C)C2)c1. The molecule has 0 saturated carbocycles. The molecule has 1 heterocycles. The Morgan fingerprint density at radius 1 is 1.41 bits per heavy atom. The number of amides is 1. The second kappa shape index (κ2) is 9.03. The molecule has 27 heavy (non-hydrogen) atoms. The number of nitrogens with zero attached hydrogens (tertiary/aromatic N) is 1. The van der Waals surface area contributed by atoms with Gasteiger partial charge in [0.25, 0.3) is 5.91 Å². The predicted octanol–water partition coefficient (Wildman–Crippen LogP) is 2.44. The molecule has 150 valence electrons. The number of hydrogen-bond donors (Lipinski definition) is 1. The molecule has 1 amide bonds. The zero-order valence-corrected chi connectivity index (χ0v) is 17.3. The molecule has 2 atom stereocenters. The first kappa shape index (κ1) is 21.7. The van der Waals surface area contributed by atoms with Gasteiger partial charge in [0.05, 0.1) is 11.6 Å². The lowest BCUT2D eigenvalue weighted by Gasteiger charge is -2.30. The van der Waals surface area contributed by atoms with Crippen LogP contribution in [0.3, 0.4) is 0 Å². The molecule has 2 rings (SSSR count). The minimum Gasteiger partial charge on any atom is -0.464 e. The number of sulfonamides is 1. The number of ether oxygens (including phenoxy) is 1. The van der Waals surface area contributed by atoms with E-state index < -0.39 is 27.9 Å². The van der Waals surface area contributed by atoms with Crippen LogP contribution >= 0.6 is 11.6 Å². The number of piperidine rings is 1. The van der Waals surface area contributed by atoms with Crippen LogP contribution in [0.2, 0.25) is 5.02 Å². The summed E-state index contributed by atoms with van der Waals surface area (Å²) >= 11 is 6.13. The van der Waals surface area contributed by atoms with Gasteiger partial charge in [-0.1, -0.05) is 18.5 Å². The van der Waals surface area contributed by atoms with Gasteiger partial charge >= 0.3 is 5.97 Å². The van der Waals surface area contributed by atoms with Crippen molar-refractivity contribution in [3.63, 3.8) is 0 Å². The van der Waals surface area contributed by atoms with E-state index in [-0.39, 0.29) is 28.0 Å². The summed E-state index contributed by atoms with van der Waals surface area (Å²) in [5, 5.41) is 2.56. The van der Waals surface area contributed by atoms with E-state index >= 15 is 0 Å². The van der Waals surface area contributed by atoms with Crippen molar-refractivity contribution in [3.05, 3.63) is 28.8 Å². The summed E-state index contributed by atoms with van der Waals surface area (Å²) in [7, 11) is -3.81. The highest BCUT2D eigenvalue weighted by molar-refractivity contribution is 7.89. The number of carbonyl (C=O) groups is 2. The van der Waals surface area contributed by atoms with Gasteiger partial charge in [-0.3, -0.25) is 4.79 Å². The summed E-state index contributed by atoms with van der Waals surface area (Å²) in [5.74, 6) is -0.866. The van der Waals surface area contributed by atoms with Gasteiger partial charge in [-0.25, -0.2) is 13.2 Å². The lowest BCUT2D eigenvalue weighted by atomic mass is 10.0. The Labute approximate surface area is 165 Å². The summed E-state index contributed by atoms with van der Waals surface area (Å²) in [5.41, 5.74) is 0.110. The van der Waals surface area contributed by atoms with Crippen LogP contribution in [0.25, 0.3) is 0 Å². The van der Waals surface area contributed by atoms with Gasteiger partial charge in [-0.15, -0.1) is 0 Å². The van der Waals surface area contributed by atoms with Gasteiger partial charge in [-0.05, 0) is 50.8 Å². The normalized spacial score (nSPS) is 19.3. The van der Waals surface area contributed by atoms with Gasteiger partial charge in [0.15, 0.2) is 0 Å². The molecule has 1 aliphatic heterocycles. The fraction of sp³-hybridized carbons (Fsp3) is 0.556. The molecule has 0 radical (unpaired) electrons. The molecular weight excluding hydrogens is 392 g/mol. The Kier molecular flexibility index (Phi) is 7.25. The van der Waals surface area contributed by atoms with E-state index in [0.29, 0.717) is 13.1 Å². The Morgan fingerprint density at radius 3 is 2.74 bits per heavy atom. The number of esters is 1. The fourth-order valence-electron chi connectivity index (χ4n) is 2.95. The Morgan fingerprint density at radius 2 is 2.11 bits per heavy atom. The number of nitrogens with one attached hydrogen (secondary N) is 1. The van der Waals surface area contributed by atoms with Crippen molar-refractivity contribution in [1.29, 1.82) is 0 Å². The first-order valence-corrected chi connectivity index (χ1v) is 10.8. The number of carbonyl (C=O) groups excluding carboxylic acids is 2. The van der Waals surface area contributed by atoms with Crippen LogP contribution in [0.1, 0.15) is 44.0 Å². The van der Waals surface area contributed by atoms with Crippen molar-refractivity contribution >= 4 is 33.5 Å². The number of benzene rings is 1. The molecule has 0 spiro atoms. The zero-order chi connectivity index (χ0) is 20.2. The van der Waals surface area contributed by atoms with E-state index in [1.54, 1.807) is 6.92 Å². The summed E-state index contributed by atoms with van der Waals surface area (Å²) in [4.78, 5) is 24.0. The smallest absolute Gasteiger partial charge is 0.328 e. The molecule has 0 unspecified atom stereocenters. The highest BCUT2D eigenvalue weighted by Gasteiger charge is 2.31. The van der Waals surface area contributed by atoms with Gasteiger partial charge in [0, 0.05) is 18.7 Å². The summed E-state index contributed by atoms with van der Waals surface area (Å²) in [6.07, 6.45) is 1.77. The molecule has 1 N–H and O–H groups in total. The van der Waals surface area contributed by atoms with Crippen molar-refractivity contribution in [2.24, 2.45) is 5.92 Å². The minimum atomic E-state index is -3.81. The van der Waals surface area contributed by atoms with Crippen LogP contribution in [-0.2, 0) is 19.6 Å². The van der Waals surface area contributed by atoms with Crippen molar-refractivity contribution in [2.75, 3.05) is 19.7 Å². The second-order valence-electron chi connectivity index (χ2n) is 6.70. The third-order valence-corrected chi connectivity index (χ3v) is 6.77. The van der Waals surface area contributed by atoms with Crippen molar-refractivity contribution in [3.8, 4) is 0 Å². The highest BCUT2D eigenvalue weighted by atomic mass is 35.5. The van der Waals surface area contributed by atoms with Crippen LogP contribution in [0.4, 0.5) is 0 Å². The maximum atomic E-state index is 13.0. The Balaban J connectivity index is 2.25. The summed E-state index contributed by atoms with van der Waals surface area (Å²) in [6, 6.07) is 3.21. The third kappa shape index (κ3) is 5.21. The number of rotatable bonds is 6. The maximum absolute atomic E-state index is 13.0. The second-order valence-corrected chi connectivity index (χ2v) is 9.02. The third-order valence-electron chi connectivity index (χ3n) is 4.42. The first-order chi connectivity index (χ1) is 12.7. The van der Waals surface area contributed by atoms with Crippen LogP contribution in [0, 0.1) is 5.92 Å². The van der Waals surface area contributed by atoms with Gasteiger partial charge in [-0.2, -0.15) is 4.31 Å². The largest absolute Gasteiger partial charge is 0.464 e. The average molecular weight is 417 g/mol. The first-order valence-electron chi connectivity index (χ1n) is 8.94. The predicted molar refractivity (Wildman–Crippen MR) is 102 cm³/mol.